The van der Waals surface area contributed by atoms with E-state index in [4.69, 9.17) is 11.6 Å². The number of benzene rings is 2. The van der Waals surface area contributed by atoms with Gasteiger partial charge in [-0.15, -0.1) is 0 Å². The minimum Gasteiger partial charge on any atom is -0.348 e. The Morgan fingerprint density at radius 2 is 1.90 bits per heavy atom. The van der Waals surface area contributed by atoms with Crippen LogP contribution in [0.25, 0.3) is 0 Å². The van der Waals surface area contributed by atoms with Crippen molar-refractivity contribution < 1.29 is 4.79 Å². The minimum absolute atomic E-state index is 0.0301. The first kappa shape index (κ1) is 16.5. The molecule has 0 radical (unpaired) electrons. The van der Waals surface area contributed by atoms with Gasteiger partial charge in [0.2, 0.25) is 0 Å². The van der Waals surface area contributed by atoms with Crippen LogP contribution in [-0.2, 0) is 6.42 Å². The molecule has 0 saturated carbocycles. The molecule has 0 aliphatic rings. The zero-order valence-corrected chi connectivity index (χ0v) is 15.1. The highest BCUT2D eigenvalue weighted by Crippen LogP contribution is 2.21. The van der Waals surface area contributed by atoms with Crippen molar-refractivity contribution in [3.8, 4) is 0 Å². The van der Waals surface area contributed by atoms with Crippen LogP contribution < -0.4 is 5.32 Å². The van der Waals surface area contributed by atoms with Gasteiger partial charge in [-0.2, -0.15) is 0 Å². The molecular weight excluding hydrogens is 417 g/mol. The summed E-state index contributed by atoms with van der Waals surface area (Å²) in [5.74, 6) is -0.112. The van der Waals surface area contributed by atoms with Gasteiger partial charge >= 0.3 is 0 Å². The summed E-state index contributed by atoms with van der Waals surface area (Å²) in [5.41, 5.74) is 1.77. The molecule has 2 nitrogen and oxygen atoms in total. The van der Waals surface area contributed by atoms with Gasteiger partial charge in [-0.25, -0.2) is 0 Å². The van der Waals surface area contributed by atoms with Gasteiger partial charge in [0.25, 0.3) is 5.91 Å². The number of amides is 1. The van der Waals surface area contributed by atoms with E-state index in [-0.39, 0.29) is 11.9 Å². The fraction of sp³-hybridized carbons (Fsp3) is 0.188. The van der Waals surface area contributed by atoms with Crippen molar-refractivity contribution >= 4 is 49.4 Å². The van der Waals surface area contributed by atoms with Crippen LogP contribution in [0.4, 0.5) is 0 Å². The summed E-state index contributed by atoms with van der Waals surface area (Å²) >= 11 is 12.7. The highest BCUT2D eigenvalue weighted by molar-refractivity contribution is 9.10. The van der Waals surface area contributed by atoms with Crippen molar-refractivity contribution in [2.24, 2.45) is 0 Å². The standard InChI is InChI=1S/C16H14Br2ClNO/c17-10-13(8-11-4-2-1-3-5-11)20-16(21)14-7-6-12(19)9-15(14)18/h1-7,9,13H,8,10H2,(H,20,21). The van der Waals surface area contributed by atoms with Crippen LogP contribution >= 0.6 is 43.5 Å². The number of carbonyl (C=O) groups excluding carboxylic acids is 1. The molecule has 1 unspecified atom stereocenters. The third-order valence-corrected chi connectivity index (χ3v) is 4.69. The number of nitrogens with one attached hydrogen (secondary N) is 1. The first-order valence-electron chi connectivity index (χ1n) is 6.46. The van der Waals surface area contributed by atoms with E-state index in [9.17, 15) is 4.79 Å². The van der Waals surface area contributed by atoms with Crippen LogP contribution in [0.1, 0.15) is 15.9 Å². The highest BCUT2D eigenvalue weighted by atomic mass is 79.9. The maximum absolute atomic E-state index is 12.3. The molecule has 0 aliphatic carbocycles. The van der Waals surface area contributed by atoms with E-state index < -0.39 is 0 Å². The van der Waals surface area contributed by atoms with E-state index in [1.807, 2.05) is 18.2 Å². The number of hydrogen-bond acceptors (Lipinski definition) is 1. The zero-order valence-electron chi connectivity index (χ0n) is 11.2. The molecule has 5 heteroatoms. The topological polar surface area (TPSA) is 29.1 Å². The van der Waals surface area contributed by atoms with E-state index in [2.05, 4.69) is 49.3 Å². The Hall–Kier alpha value is -0.840. The van der Waals surface area contributed by atoms with Crippen molar-refractivity contribution in [3.63, 3.8) is 0 Å². The van der Waals surface area contributed by atoms with Crippen LogP contribution in [0, 0.1) is 0 Å². The summed E-state index contributed by atoms with van der Waals surface area (Å²) in [6.45, 7) is 0. The maximum Gasteiger partial charge on any atom is 0.252 e. The summed E-state index contributed by atoms with van der Waals surface area (Å²) < 4.78 is 0.695. The number of rotatable bonds is 5. The molecule has 2 rings (SSSR count). The van der Waals surface area contributed by atoms with Crippen LogP contribution in [0.2, 0.25) is 5.02 Å². The molecule has 1 amide bonds. The number of carbonyl (C=O) groups is 1. The third-order valence-electron chi connectivity index (χ3n) is 3.02. The van der Waals surface area contributed by atoms with E-state index in [0.29, 0.717) is 20.4 Å². The smallest absolute Gasteiger partial charge is 0.252 e. The first-order valence-corrected chi connectivity index (χ1v) is 8.75. The van der Waals surface area contributed by atoms with Crippen LogP contribution in [-0.4, -0.2) is 17.3 Å². The molecule has 1 N–H and O–H groups in total. The Morgan fingerprint density at radius 1 is 1.19 bits per heavy atom. The average Bonchev–Trinajstić information content (AvgIpc) is 2.47. The minimum atomic E-state index is -0.112. The van der Waals surface area contributed by atoms with Gasteiger partial charge in [0.1, 0.15) is 0 Å². The summed E-state index contributed by atoms with van der Waals surface area (Å²) in [4.78, 5) is 12.3. The molecule has 0 saturated heterocycles. The molecule has 2 aromatic carbocycles. The molecule has 0 aromatic heterocycles. The van der Waals surface area contributed by atoms with Crippen molar-refractivity contribution in [1.82, 2.24) is 5.32 Å². The summed E-state index contributed by atoms with van der Waals surface area (Å²) in [5, 5.41) is 4.32. The second-order valence-electron chi connectivity index (χ2n) is 4.64. The van der Waals surface area contributed by atoms with E-state index in [1.165, 1.54) is 5.56 Å². The van der Waals surface area contributed by atoms with Crippen molar-refractivity contribution in [2.75, 3.05) is 5.33 Å². The highest BCUT2D eigenvalue weighted by Gasteiger charge is 2.15. The van der Waals surface area contributed by atoms with Crippen LogP contribution in [0.3, 0.4) is 0 Å². The molecule has 0 aliphatic heterocycles. The van der Waals surface area contributed by atoms with Gasteiger partial charge in [0.05, 0.1) is 5.56 Å². The van der Waals surface area contributed by atoms with E-state index in [0.717, 1.165) is 6.42 Å². The molecule has 0 bridgehead atoms. The molecule has 0 fully saturated rings. The van der Waals surface area contributed by atoms with Crippen molar-refractivity contribution in [3.05, 3.63) is 69.2 Å². The summed E-state index contributed by atoms with van der Waals surface area (Å²) in [7, 11) is 0. The second-order valence-corrected chi connectivity index (χ2v) is 6.58. The van der Waals surface area contributed by atoms with Gasteiger partial charge in [0.15, 0.2) is 0 Å². The molecule has 1 atom stereocenters. The summed E-state index contributed by atoms with van der Waals surface area (Å²) in [6, 6.07) is 15.3. The fourth-order valence-corrected chi connectivity index (χ4v) is 3.23. The SMILES string of the molecule is O=C(NC(CBr)Cc1ccccc1)c1ccc(Cl)cc1Br. The molecule has 110 valence electrons. The lowest BCUT2D eigenvalue weighted by molar-refractivity contribution is 0.0940. The van der Waals surface area contributed by atoms with Crippen LogP contribution in [0.15, 0.2) is 53.0 Å². The quantitative estimate of drug-likeness (QED) is 0.675. The maximum atomic E-state index is 12.3. The van der Waals surface area contributed by atoms with E-state index in [1.54, 1.807) is 18.2 Å². The monoisotopic (exact) mass is 429 g/mol. The van der Waals surface area contributed by atoms with Crippen LogP contribution in [0.5, 0.6) is 0 Å². The van der Waals surface area contributed by atoms with Gasteiger partial charge < -0.3 is 5.32 Å². The van der Waals surface area contributed by atoms with E-state index >= 15 is 0 Å². The predicted molar refractivity (Wildman–Crippen MR) is 94.3 cm³/mol. The molecule has 2 aromatic rings. The summed E-state index contributed by atoms with van der Waals surface area (Å²) in [6.07, 6.45) is 0.781. The number of halogens is 3. The second kappa shape index (κ2) is 7.97. The largest absolute Gasteiger partial charge is 0.348 e. The number of hydrogen-bond donors (Lipinski definition) is 1. The van der Waals surface area contributed by atoms with Gasteiger partial charge in [-0.3, -0.25) is 4.79 Å². The Balaban J connectivity index is 2.06. The average molecular weight is 432 g/mol. The first-order chi connectivity index (χ1) is 10.1. The molecule has 0 spiro atoms. The van der Waals surface area contributed by atoms with Gasteiger partial charge in [-0.1, -0.05) is 57.9 Å². The van der Waals surface area contributed by atoms with Gasteiger partial charge in [0, 0.05) is 20.9 Å². The van der Waals surface area contributed by atoms with Gasteiger partial charge in [-0.05, 0) is 46.1 Å². The normalized spacial score (nSPS) is 12.0. The van der Waals surface area contributed by atoms with Crippen molar-refractivity contribution in [1.29, 1.82) is 0 Å². The molecular formula is C16H14Br2ClNO. The Morgan fingerprint density at radius 3 is 2.52 bits per heavy atom. The Bertz CT molecular complexity index is 619. The fourth-order valence-electron chi connectivity index (χ4n) is 1.98. The lowest BCUT2D eigenvalue weighted by Crippen LogP contribution is -2.37. The number of alkyl halides is 1. The Labute approximate surface area is 146 Å². The molecule has 0 heterocycles. The lowest BCUT2D eigenvalue weighted by atomic mass is 10.1. The third kappa shape index (κ3) is 4.83. The lowest BCUT2D eigenvalue weighted by Gasteiger charge is -2.17. The zero-order chi connectivity index (χ0) is 15.2. The molecule has 21 heavy (non-hydrogen) atoms. The van der Waals surface area contributed by atoms with Crippen molar-refractivity contribution in [2.45, 2.75) is 12.5 Å². The predicted octanol–water partition coefficient (Wildman–Crippen LogP) is 4.84. The Kier molecular flexibility index (Phi) is 6.27.